The van der Waals surface area contributed by atoms with Crippen LogP contribution in [0, 0.1) is 13.8 Å². The van der Waals surface area contributed by atoms with E-state index < -0.39 is 0 Å². The lowest BCUT2D eigenvalue weighted by Crippen LogP contribution is -2.34. The Labute approximate surface area is 89.9 Å². The second kappa shape index (κ2) is 4.82. The van der Waals surface area contributed by atoms with Gasteiger partial charge in [-0.1, -0.05) is 0 Å². The molecule has 2 amide bonds. The minimum Gasteiger partial charge on any atom is -0.325 e. The quantitative estimate of drug-likeness (QED) is 0.800. The van der Waals surface area contributed by atoms with Crippen LogP contribution in [0.2, 0.25) is 0 Å². The smallest absolute Gasteiger partial charge is 0.321 e. The van der Waals surface area contributed by atoms with E-state index in [9.17, 15) is 4.79 Å². The summed E-state index contributed by atoms with van der Waals surface area (Å²) in [7, 11) is 0. The maximum Gasteiger partial charge on any atom is 0.321 e. The number of aromatic nitrogens is 2. The summed E-state index contributed by atoms with van der Waals surface area (Å²) in [5, 5.41) is 9.71. The number of nitrogens with one attached hydrogen (secondary N) is 2. The van der Waals surface area contributed by atoms with Gasteiger partial charge in [0, 0.05) is 13.1 Å². The predicted octanol–water partition coefficient (Wildman–Crippen LogP) is 1.90. The van der Waals surface area contributed by atoms with Crippen LogP contribution in [0.5, 0.6) is 0 Å². The third-order valence-corrected chi connectivity index (χ3v) is 2.41. The summed E-state index contributed by atoms with van der Waals surface area (Å²) in [4.78, 5) is 13.5. The fraction of sp³-hybridized carbons (Fsp3) is 0.600. The van der Waals surface area contributed by atoms with E-state index >= 15 is 0 Å². The highest BCUT2D eigenvalue weighted by Gasteiger charge is 2.13. The molecule has 0 saturated carbocycles. The lowest BCUT2D eigenvalue weighted by Gasteiger charge is -2.19. The van der Waals surface area contributed by atoms with E-state index in [0.29, 0.717) is 13.1 Å². The van der Waals surface area contributed by atoms with E-state index in [2.05, 4.69) is 15.5 Å². The zero-order valence-electron chi connectivity index (χ0n) is 9.72. The van der Waals surface area contributed by atoms with Crippen molar-refractivity contribution in [2.45, 2.75) is 27.7 Å². The van der Waals surface area contributed by atoms with E-state index in [1.54, 1.807) is 4.90 Å². The molecule has 5 nitrogen and oxygen atoms in total. The molecular formula is C10H18N4O. The molecule has 0 bridgehead atoms. The molecule has 0 unspecified atom stereocenters. The van der Waals surface area contributed by atoms with Gasteiger partial charge >= 0.3 is 6.03 Å². The summed E-state index contributed by atoms with van der Waals surface area (Å²) in [6, 6.07) is -0.0763. The van der Waals surface area contributed by atoms with E-state index in [4.69, 9.17) is 0 Å². The van der Waals surface area contributed by atoms with Crippen molar-refractivity contribution in [3.63, 3.8) is 0 Å². The number of rotatable bonds is 3. The molecule has 2 N–H and O–H groups in total. The van der Waals surface area contributed by atoms with Gasteiger partial charge in [-0.3, -0.25) is 5.10 Å². The number of nitrogens with zero attached hydrogens (tertiary/aromatic N) is 2. The van der Waals surface area contributed by atoms with Crippen LogP contribution in [0.15, 0.2) is 0 Å². The number of urea groups is 1. The molecule has 0 aliphatic heterocycles. The fourth-order valence-electron chi connectivity index (χ4n) is 1.43. The number of amides is 2. The van der Waals surface area contributed by atoms with Crippen molar-refractivity contribution in [3.8, 4) is 0 Å². The molecule has 1 aromatic heterocycles. The summed E-state index contributed by atoms with van der Waals surface area (Å²) >= 11 is 0. The lowest BCUT2D eigenvalue weighted by molar-refractivity contribution is 0.217. The van der Waals surface area contributed by atoms with Crippen molar-refractivity contribution in [1.82, 2.24) is 15.1 Å². The molecule has 84 valence electrons. The van der Waals surface area contributed by atoms with Gasteiger partial charge in [-0.25, -0.2) is 4.79 Å². The highest BCUT2D eigenvalue weighted by atomic mass is 16.2. The number of hydrogen-bond acceptors (Lipinski definition) is 2. The molecule has 0 radical (unpaired) electrons. The van der Waals surface area contributed by atoms with Gasteiger partial charge in [0.25, 0.3) is 0 Å². The van der Waals surface area contributed by atoms with Crippen LogP contribution in [-0.2, 0) is 0 Å². The minimum absolute atomic E-state index is 0.0763. The molecule has 0 saturated heterocycles. The van der Waals surface area contributed by atoms with Crippen LogP contribution < -0.4 is 5.32 Å². The Bertz CT molecular complexity index is 322. The molecule has 0 aliphatic rings. The third kappa shape index (κ3) is 2.49. The van der Waals surface area contributed by atoms with Crippen LogP contribution in [0.3, 0.4) is 0 Å². The topological polar surface area (TPSA) is 61.0 Å². The minimum atomic E-state index is -0.0763. The molecule has 0 aliphatic carbocycles. The largest absolute Gasteiger partial charge is 0.325 e. The molecule has 5 heteroatoms. The van der Waals surface area contributed by atoms with Gasteiger partial charge in [-0.05, 0) is 27.7 Å². The van der Waals surface area contributed by atoms with E-state index in [1.807, 2.05) is 27.7 Å². The highest BCUT2D eigenvalue weighted by Crippen LogP contribution is 2.16. The Morgan fingerprint density at radius 1 is 1.40 bits per heavy atom. The molecule has 1 rings (SSSR count). The summed E-state index contributed by atoms with van der Waals surface area (Å²) in [5.41, 5.74) is 2.48. The molecule has 15 heavy (non-hydrogen) atoms. The second-order valence-electron chi connectivity index (χ2n) is 3.41. The van der Waals surface area contributed by atoms with Crippen molar-refractivity contribution >= 4 is 11.7 Å². The van der Waals surface area contributed by atoms with Gasteiger partial charge in [0.05, 0.1) is 17.1 Å². The summed E-state index contributed by atoms with van der Waals surface area (Å²) < 4.78 is 0. The maximum atomic E-state index is 11.8. The Morgan fingerprint density at radius 3 is 2.40 bits per heavy atom. The summed E-state index contributed by atoms with van der Waals surface area (Å²) in [6.45, 7) is 9.08. The SMILES string of the molecule is CCN(CC)C(=O)Nc1c(C)n[nH]c1C. The van der Waals surface area contributed by atoms with Crippen LogP contribution in [0.1, 0.15) is 25.2 Å². The number of hydrogen-bond donors (Lipinski definition) is 2. The first kappa shape index (κ1) is 11.6. The number of carbonyl (C=O) groups excluding carboxylic acids is 1. The van der Waals surface area contributed by atoms with Crippen molar-refractivity contribution in [2.75, 3.05) is 18.4 Å². The Kier molecular flexibility index (Phi) is 3.71. The van der Waals surface area contributed by atoms with Crippen molar-refractivity contribution in [1.29, 1.82) is 0 Å². The van der Waals surface area contributed by atoms with Crippen LogP contribution in [0.4, 0.5) is 10.5 Å². The molecule has 0 atom stereocenters. The van der Waals surface area contributed by atoms with E-state index in [-0.39, 0.29) is 6.03 Å². The fourth-order valence-corrected chi connectivity index (χ4v) is 1.43. The van der Waals surface area contributed by atoms with Gasteiger partial charge in [-0.2, -0.15) is 5.10 Å². The first-order valence-electron chi connectivity index (χ1n) is 5.17. The van der Waals surface area contributed by atoms with E-state index in [0.717, 1.165) is 17.1 Å². The lowest BCUT2D eigenvalue weighted by atomic mass is 10.3. The molecule has 1 aromatic rings. The van der Waals surface area contributed by atoms with Gasteiger partial charge < -0.3 is 10.2 Å². The Balaban J connectivity index is 2.74. The van der Waals surface area contributed by atoms with Gasteiger partial charge in [-0.15, -0.1) is 0 Å². The zero-order chi connectivity index (χ0) is 11.4. The number of H-pyrrole nitrogens is 1. The monoisotopic (exact) mass is 210 g/mol. The van der Waals surface area contributed by atoms with Crippen LogP contribution >= 0.6 is 0 Å². The zero-order valence-corrected chi connectivity index (χ0v) is 9.72. The number of carbonyl (C=O) groups is 1. The third-order valence-electron chi connectivity index (χ3n) is 2.41. The van der Waals surface area contributed by atoms with Crippen molar-refractivity contribution < 1.29 is 4.79 Å². The predicted molar refractivity (Wildman–Crippen MR) is 60.0 cm³/mol. The van der Waals surface area contributed by atoms with Crippen LogP contribution in [-0.4, -0.2) is 34.2 Å². The van der Waals surface area contributed by atoms with Gasteiger partial charge in [0.1, 0.15) is 0 Å². The molecular weight excluding hydrogens is 192 g/mol. The first-order chi connectivity index (χ1) is 7.10. The molecule has 1 heterocycles. The summed E-state index contributed by atoms with van der Waals surface area (Å²) in [5.74, 6) is 0. The van der Waals surface area contributed by atoms with Gasteiger partial charge in [0.2, 0.25) is 0 Å². The standard InChI is InChI=1S/C10H18N4O/c1-5-14(6-2)10(15)11-9-7(3)12-13-8(9)4/h5-6H2,1-4H3,(H,11,15)(H,12,13). The van der Waals surface area contributed by atoms with Crippen molar-refractivity contribution in [3.05, 3.63) is 11.4 Å². The summed E-state index contributed by atoms with van der Waals surface area (Å²) in [6.07, 6.45) is 0. The number of anilines is 1. The van der Waals surface area contributed by atoms with Crippen LogP contribution in [0.25, 0.3) is 0 Å². The average molecular weight is 210 g/mol. The van der Waals surface area contributed by atoms with Gasteiger partial charge in [0.15, 0.2) is 0 Å². The second-order valence-corrected chi connectivity index (χ2v) is 3.41. The highest BCUT2D eigenvalue weighted by molar-refractivity contribution is 5.90. The normalized spacial score (nSPS) is 10.1. The average Bonchev–Trinajstić information content (AvgIpc) is 2.51. The molecule has 0 spiro atoms. The van der Waals surface area contributed by atoms with Crippen molar-refractivity contribution in [2.24, 2.45) is 0 Å². The Hall–Kier alpha value is -1.52. The number of aryl methyl sites for hydroxylation is 2. The first-order valence-corrected chi connectivity index (χ1v) is 5.17. The number of aromatic amines is 1. The molecule has 0 fully saturated rings. The molecule has 0 aromatic carbocycles. The Morgan fingerprint density at radius 2 is 2.00 bits per heavy atom. The maximum absolute atomic E-state index is 11.8. The van der Waals surface area contributed by atoms with E-state index in [1.165, 1.54) is 0 Å².